The molecule has 2 N–H and O–H groups in total. The molecule has 0 aliphatic carbocycles. The van der Waals surface area contributed by atoms with E-state index in [2.05, 4.69) is 40.9 Å². The zero-order chi connectivity index (χ0) is 32.7. The highest BCUT2D eigenvalue weighted by molar-refractivity contribution is 5.70. The summed E-state index contributed by atoms with van der Waals surface area (Å²) in [5.74, 6) is 0.161. The lowest BCUT2D eigenvalue weighted by Gasteiger charge is -2.14. The van der Waals surface area contributed by atoms with Gasteiger partial charge in [0.1, 0.15) is 24.7 Å². The maximum atomic E-state index is 12.4. The highest BCUT2D eigenvalue weighted by atomic mass is 16.6. The summed E-state index contributed by atoms with van der Waals surface area (Å²) in [7, 11) is 0. The van der Waals surface area contributed by atoms with E-state index in [0.29, 0.717) is 24.3 Å². The Hall–Kier alpha value is -3.28. The lowest BCUT2D eigenvalue weighted by Crippen LogP contribution is -2.14. The summed E-state index contributed by atoms with van der Waals surface area (Å²) in [6.07, 6.45) is 13.2. The molecule has 0 aliphatic rings. The second-order valence-electron chi connectivity index (χ2n) is 11.4. The van der Waals surface area contributed by atoms with Gasteiger partial charge in [0.2, 0.25) is 0 Å². The third-order valence-corrected chi connectivity index (χ3v) is 7.70. The SMILES string of the molecule is C=C.CCCCc1cc(CCC(=O)OCCOC(=O)CCc2cc(CCCC)c(O)c(CCCC)c2)cc(CCCC)c1O. The molecule has 0 amide bonds. The van der Waals surface area contributed by atoms with Gasteiger partial charge in [-0.2, -0.15) is 0 Å². The minimum Gasteiger partial charge on any atom is -0.507 e. The smallest absolute Gasteiger partial charge is 0.306 e. The van der Waals surface area contributed by atoms with Crippen molar-refractivity contribution in [2.24, 2.45) is 0 Å². The van der Waals surface area contributed by atoms with E-state index in [9.17, 15) is 19.8 Å². The van der Waals surface area contributed by atoms with Crippen LogP contribution in [0, 0.1) is 0 Å². The molecule has 0 radical (unpaired) electrons. The van der Waals surface area contributed by atoms with Crippen LogP contribution in [0.1, 0.15) is 125 Å². The number of benzene rings is 2. The second-order valence-corrected chi connectivity index (χ2v) is 11.4. The zero-order valence-corrected chi connectivity index (χ0v) is 28.0. The number of carbonyl (C=O) groups is 2. The van der Waals surface area contributed by atoms with Gasteiger partial charge in [0.05, 0.1) is 0 Å². The van der Waals surface area contributed by atoms with Gasteiger partial charge in [-0.15, -0.1) is 13.2 Å². The first-order valence-corrected chi connectivity index (χ1v) is 16.8. The van der Waals surface area contributed by atoms with E-state index in [1.54, 1.807) is 0 Å². The maximum Gasteiger partial charge on any atom is 0.306 e. The number of phenolic OH excluding ortho intramolecular Hbond substituents is 2. The highest BCUT2D eigenvalue weighted by Gasteiger charge is 2.14. The molecule has 0 unspecified atom stereocenters. The molecule has 0 saturated heterocycles. The predicted octanol–water partition coefficient (Wildman–Crippen LogP) is 8.92. The molecule has 44 heavy (non-hydrogen) atoms. The Morgan fingerprint density at radius 3 is 1.07 bits per heavy atom. The minimum atomic E-state index is -0.326. The normalized spacial score (nSPS) is 10.6. The molecule has 0 atom stereocenters. The third-order valence-electron chi connectivity index (χ3n) is 7.70. The summed E-state index contributed by atoms with van der Waals surface area (Å²) in [6, 6.07) is 8.07. The van der Waals surface area contributed by atoms with Crippen LogP contribution in [0.5, 0.6) is 11.5 Å². The first kappa shape index (κ1) is 38.7. The lowest BCUT2D eigenvalue weighted by atomic mass is 9.95. The first-order chi connectivity index (χ1) is 21.3. The van der Waals surface area contributed by atoms with Crippen molar-refractivity contribution in [2.75, 3.05) is 13.2 Å². The van der Waals surface area contributed by atoms with Crippen molar-refractivity contribution in [2.45, 2.75) is 130 Å². The van der Waals surface area contributed by atoms with E-state index in [0.717, 1.165) is 110 Å². The van der Waals surface area contributed by atoms with E-state index < -0.39 is 0 Å². The van der Waals surface area contributed by atoms with Crippen molar-refractivity contribution < 1.29 is 29.3 Å². The van der Waals surface area contributed by atoms with E-state index in [1.807, 2.05) is 24.3 Å². The lowest BCUT2D eigenvalue weighted by molar-refractivity contribution is -0.152. The van der Waals surface area contributed by atoms with Gasteiger partial charge >= 0.3 is 11.9 Å². The van der Waals surface area contributed by atoms with Crippen molar-refractivity contribution >= 4 is 11.9 Å². The fraction of sp³-hybridized carbons (Fsp3) is 0.579. The number of hydrogen-bond acceptors (Lipinski definition) is 6. The Kier molecular flexibility index (Phi) is 20.4. The van der Waals surface area contributed by atoms with Crippen molar-refractivity contribution in [3.05, 3.63) is 70.8 Å². The van der Waals surface area contributed by atoms with E-state index in [4.69, 9.17) is 9.47 Å². The molecule has 2 aromatic carbocycles. The molecule has 0 saturated carbocycles. The van der Waals surface area contributed by atoms with Gasteiger partial charge < -0.3 is 19.7 Å². The minimum absolute atomic E-state index is 0.0329. The first-order valence-electron chi connectivity index (χ1n) is 16.8. The quantitative estimate of drug-likeness (QED) is 0.0833. The number of esters is 2. The van der Waals surface area contributed by atoms with Crippen LogP contribution in [0.15, 0.2) is 37.4 Å². The molecule has 0 fully saturated rings. The maximum absolute atomic E-state index is 12.4. The fourth-order valence-corrected chi connectivity index (χ4v) is 5.13. The molecule has 0 bridgehead atoms. The van der Waals surface area contributed by atoms with Crippen LogP contribution in [0.25, 0.3) is 0 Å². The van der Waals surface area contributed by atoms with Gasteiger partial charge in [-0.1, -0.05) is 77.6 Å². The Morgan fingerprint density at radius 1 is 0.545 bits per heavy atom. The van der Waals surface area contributed by atoms with Crippen molar-refractivity contribution in [1.82, 2.24) is 0 Å². The van der Waals surface area contributed by atoms with Crippen molar-refractivity contribution in [3.63, 3.8) is 0 Å². The van der Waals surface area contributed by atoms with Gasteiger partial charge in [-0.25, -0.2) is 0 Å². The summed E-state index contributed by atoms with van der Waals surface area (Å²) < 4.78 is 10.6. The van der Waals surface area contributed by atoms with Crippen LogP contribution in [0.2, 0.25) is 0 Å². The zero-order valence-electron chi connectivity index (χ0n) is 28.0. The average Bonchev–Trinajstić information content (AvgIpc) is 3.04. The Bertz CT molecular complexity index is 977. The van der Waals surface area contributed by atoms with Gasteiger partial charge in [0.15, 0.2) is 0 Å². The monoisotopic (exact) mass is 610 g/mol. The van der Waals surface area contributed by atoms with Crippen molar-refractivity contribution in [1.29, 1.82) is 0 Å². The predicted molar refractivity (Wildman–Crippen MR) is 180 cm³/mol. The Labute approximate surface area is 266 Å². The van der Waals surface area contributed by atoms with Gasteiger partial charge in [-0.05, 0) is 97.6 Å². The van der Waals surface area contributed by atoms with Gasteiger partial charge in [0.25, 0.3) is 0 Å². The molecule has 0 aromatic heterocycles. The molecule has 6 nitrogen and oxygen atoms in total. The van der Waals surface area contributed by atoms with Crippen LogP contribution in [-0.4, -0.2) is 35.4 Å². The molecule has 0 heterocycles. The summed E-state index contributed by atoms with van der Waals surface area (Å²) in [6.45, 7) is 14.6. The highest BCUT2D eigenvalue weighted by Crippen LogP contribution is 2.29. The van der Waals surface area contributed by atoms with Gasteiger partial charge in [-0.3, -0.25) is 9.59 Å². The van der Waals surface area contributed by atoms with Crippen LogP contribution in [0.4, 0.5) is 0 Å². The Morgan fingerprint density at radius 2 is 0.818 bits per heavy atom. The van der Waals surface area contributed by atoms with E-state index in [1.165, 1.54) is 0 Å². The summed E-state index contributed by atoms with van der Waals surface area (Å²) in [5, 5.41) is 21.4. The van der Waals surface area contributed by atoms with Crippen molar-refractivity contribution in [3.8, 4) is 11.5 Å². The summed E-state index contributed by atoms with van der Waals surface area (Å²) >= 11 is 0. The summed E-state index contributed by atoms with van der Waals surface area (Å²) in [5.41, 5.74) is 5.92. The van der Waals surface area contributed by atoms with Crippen LogP contribution in [0.3, 0.4) is 0 Å². The fourth-order valence-electron chi connectivity index (χ4n) is 5.13. The van der Waals surface area contributed by atoms with E-state index in [-0.39, 0.29) is 38.0 Å². The number of aromatic hydroxyl groups is 2. The number of hydrogen-bond donors (Lipinski definition) is 2. The molecule has 246 valence electrons. The molecule has 0 aliphatic heterocycles. The van der Waals surface area contributed by atoms with Crippen LogP contribution < -0.4 is 0 Å². The number of ether oxygens (including phenoxy) is 2. The van der Waals surface area contributed by atoms with Crippen LogP contribution >= 0.6 is 0 Å². The number of carbonyl (C=O) groups excluding carboxylic acids is 2. The number of phenols is 2. The molecule has 0 spiro atoms. The van der Waals surface area contributed by atoms with E-state index >= 15 is 0 Å². The molecule has 2 rings (SSSR count). The molecular weight excluding hydrogens is 552 g/mol. The molecular formula is C38H58O6. The Balaban J connectivity index is 0.00000474. The van der Waals surface area contributed by atoms with Gasteiger partial charge in [0, 0.05) is 12.8 Å². The number of rotatable bonds is 21. The number of aryl methyl sites for hydroxylation is 6. The molecule has 6 heteroatoms. The average molecular weight is 611 g/mol. The topological polar surface area (TPSA) is 93.1 Å². The largest absolute Gasteiger partial charge is 0.507 e. The summed E-state index contributed by atoms with van der Waals surface area (Å²) in [4.78, 5) is 24.7. The standard InChI is InChI=1S/C36H54O6.C2H4/c1-5-9-13-29-23-27(24-30(35(29)39)14-10-6-2)17-19-33(37)41-21-22-42-34(38)20-18-28-25-31(15-11-7-3)36(40)32(26-28)16-12-8-4;1-2/h23-26,39-40H,5-22H2,1-4H3;1-2H2. The third kappa shape index (κ3) is 14.5. The van der Waals surface area contributed by atoms with Crippen LogP contribution in [-0.2, 0) is 57.6 Å². The second kappa shape index (κ2) is 23.1. The number of unbranched alkanes of at least 4 members (excludes halogenated alkanes) is 4. The molecule has 2 aromatic rings.